The number of ether oxygens (including phenoxy) is 1. The number of aliphatic hydroxyl groups excluding tert-OH is 1. The lowest BCUT2D eigenvalue weighted by Crippen LogP contribution is -2.61. The number of carbonyl (C=O) groups excluding carboxylic acids is 2. The fourth-order valence-electron chi connectivity index (χ4n) is 3.20. The summed E-state index contributed by atoms with van der Waals surface area (Å²) < 4.78 is 5.65. The number of benzene rings is 1. The van der Waals surface area contributed by atoms with E-state index in [1.807, 2.05) is 33.1 Å². The summed E-state index contributed by atoms with van der Waals surface area (Å²) in [5, 5.41) is 10.5. The van der Waals surface area contributed by atoms with Crippen molar-refractivity contribution in [1.29, 1.82) is 0 Å². The first-order valence-corrected chi connectivity index (χ1v) is 9.82. The number of hydrogen-bond donors (Lipinski definition) is 1. The lowest BCUT2D eigenvalue weighted by atomic mass is 9.85. The molecule has 25 heavy (non-hydrogen) atoms. The molecule has 1 heterocycles. The van der Waals surface area contributed by atoms with Gasteiger partial charge in [0.2, 0.25) is 0 Å². The third kappa shape index (κ3) is 3.55. The molecule has 0 aromatic heterocycles. The molecule has 0 saturated carbocycles. The standard InChI is InChI=1S/C19H27NO4S/c1-13(21)19(11-12-25-5)17(23)24-16(18(2,3)4)20(19)15(22)14-9-7-6-8-10-14/h6-10,13,16,21H,11-12H2,1-5H3. The van der Waals surface area contributed by atoms with Gasteiger partial charge in [0.25, 0.3) is 5.91 Å². The second kappa shape index (κ2) is 7.38. The molecule has 6 heteroatoms. The fraction of sp³-hybridized carbons (Fsp3) is 0.579. The van der Waals surface area contributed by atoms with Gasteiger partial charge < -0.3 is 9.84 Å². The molecule has 1 saturated heterocycles. The summed E-state index contributed by atoms with van der Waals surface area (Å²) in [7, 11) is 0. The van der Waals surface area contributed by atoms with E-state index in [2.05, 4.69) is 0 Å². The summed E-state index contributed by atoms with van der Waals surface area (Å²) in [6, 6.07) is 8.83. The van der Waals surface area contributed by atoms with E-state index >= 15 is 0 Å². The Morgan fingerprint density at radius 2 is 1.96 bits per heavy atom. The number of carbonyl (C=O) groups is 2. The van der Waals surface area contributed by atoms with Crippen molar-refractivity contribution in [1.82, 2.24) is 4.90 Å². The number of nitrogens with zero attached hydrogens (tertiary/aromatic N) is 1. The van der Waals surface area contributed by atoms with Crippen molar-refractivity contribution in [3.05, 3.63) is 35.9 Å². The van der Waals surface area contributed by atoms with Crippen molar-refractivity contribution in [3.8, 4) is 0 Å². The molecule has 5 nitrogen and oxygen atoms in total. The summed E-state index contributed by atoms with van der Waals surface area (Å²) >= 11 is 1.57. The highest BCUT2D eigenvalue weighted by molar-refractivity contribution is 7.98. The molecular weight excluding hydrogens is 338 g/mol. The lowest BCUT2D eigenvalue weighted by Gasteiger charge is -2.41. The molecule has 1 amide bonds. The molecule has 0 bridgehead atoms. The zero-order chi connectivity index (χ0) is 18.8. The molecule has 1 aliphatic rings. The van der Waals surface area contributed by atoms with E-state index < -0.39 is 29.3 Å². The minimum atomic E-state index is -1.37. The van der Waals surface area contributed by atoms with Gasteiger partial charge in [-0.25, -0.2) is 4.79 Å². The molecule has 1 aromatic carbocycles. The lowest BCUT2D eigenvalue weighted by molar-refractivity contribution is -0.150. The zero-order valence-electron chi connectivity index (χ0n) is 15.5. The van der Waals surface area contributed by atoms with Gasteiger partial charge in [-0.3, -0.25) is 9.69 Å². The Kier molecular flexibility index (Phi) is 5.84. The third-order valence-corrected chi connectivity index (χ3v) is 5.21. The van der Waals surface area contributed by atoms with E-state index in [1.54, 1.807) is 43.0 Å². The maximum Gasteiger partial charge on any atom is 0.336 e. The molecule has 1 fully saturated rings. The zero-order valence-corrected chi connectivity index (χ0v) is 16.3. The summed E-state index contributed by atoms with van der Waals surface area (Å²) in [6.07, 6.45) is 0.507. The highest BCUT2D eigenvalue weighted by atomic mass is 32.2. The Morgan fingerprint density at radius 1 is 1.36 bits per heavy atom. The fourth-order valence-corrected chi connectivity index (χ4v) is 3.71. The van der Waals surface area contributed by atoms with Crippen LogP contribution in [-0.4, -0.2) is 51.8 Å². The highest BCUT2D eigenvalue weighted by Crippen LogP contribution is 2.43. The van der Waals surface area contributed by atoms with E-state index in [-0.39, 0.29) is 5.91 Å². The van der Waals surface area contributed by atoms with Crippen LogP contribution in [0.15, 0.2) is 30.3 Å². The first kappa shape index (κ1) is 19.8. The van der Waals surface area contributed by atoms with E-state index in [0.29, 0.717) is 17.7 Å². The van der Waals surface area contributed by atoms with Crippen molar-refractivity contribution < 1.29 is 19.4 Å². The van der Waals surface area contributed by atoms with Crippen LogP contribution in [0.1, 0.15) is 44.5 Å². The predicted molar refractivity (Wildman–Crippen MR) is 99.4 cm³/mol. The molecule has 1 aromatic rings. The number of aliphatic hydroxyl groups is 1. The number of cyclic esters (lactones) is 1. The SMILES string of the molecule is CSCCC1(C(C)O)C(=O)OC(C(C)(C)C)N1C(=O)c1ccccc1. The summed E-state index contributed by atoms with van der Waals surface area (Å²) in [5.41, 5.74) is -1.37. The largest absolute Gasteiger partial charge is 0.439 e. The molecule has 3 atom stereocenters. The Hall–Kier alpha value is -1.53. The molecule has 2 rings (SSSR count). The van der Waals surface area contributed by atoms with Crippen LogP contribution < -0.4 is 0 Å². The van der Waals surface area contributed by atoms with Crippen molar-refractivity contribution in [2.24, 2.45) is 5.41 Å². The average molecular weight is 365 g/mol. The summed E-state index contributed by atoms with van der Waals surface area (Å²) in [4.78, 5) is 27.6. The number of amides is 1. The van der Waals surface area contributed by atoms with Gasteiger partial charge in [0.15, 0.2) is 11.8 Å². The van der Waals surface area contributed by atoms with E-state index in [9.17, 15) is 14.7 Å². The van der Waals surface area contributed by atoms with Crippen molar-refractivity contribution in [3.63, 3.8) is 0 Å². The normalized spacial score (nSPS) is 25.0. The molecule has 0 radical (unpaired) electrons. The summed E-state index contributed by atoms with van der Waals surface area (Å²) in [6.45, 7) is 7.31. The third-order valence-electron chi connectivity index (χ3n) is 4.60. The van der Waals surface area contributed by atoms with Gasteiger partial charge >= 0.3 is 5.97 Å². The van der Waals surface area contributed by atoms with Gasteiger partial charge in [0.1, 0.15) is 0 Å². The van der Waals surface area contributed by atoms with Gasteiger partial charge in [-0.1, -0.05) is 39.0 Å². The first-order valence-electron chi connectivity index (χ1n) is 8.43. The second-order valence-corrected chi connectivity index (χ2v) is 8.49. The Labute approximate surface area is 153 Å². The average Bonchev–Trinajstić information content (AvgIpc) is 2.87. The molecule has 1 aliphatic heterocycles. The highest BCUT2D eigenvalue weighted by Gasteiger charge is 2.62. The smallest absolute Gasteiger partial charge is 0.336 e. The molecule has 0 spiro atoms. The van der Waals surface area contributed by atoms with E-state index in [0.717, 1.165) is 0 Å². The van der Waals surface area contributed by atoms with E-state index in [4.69, 9.17) is 4.74 Å². The number of rotatable bonds is 5. The van der Waals surface area contributed by atoms with Crippen LogP contribution in [0.2, 0.25) is 0 Å². The topological polar surface area (TPSA) is 66.8 Å². The molecule has 0 aliphatic carbocycles. The van der Waals surface area contributed by atoms with Gasteiger partial charge in [-0.05, 0) is 37.5 Å². The second-order valence-electron chi connectivity index (χ2n) is 7.51. The van der Waals surface area contributed by atoms with Crippen LogP contribution in [0.5, 0.6) is 0 Å². The maximum absolute atomic E-state index is 13.3. The van der Waals surface area contributed by atoms with Crippen LogP contribution in [-0.2, 0) is 9.53 Å². The first-order chi connectivity index (χ1) is 11.7. The monoisotopic (exact) mass is 365 g/mol. The minimum Gasteiger partial charge on any atom is -0.439 e. The van der Waals surface area contributed by atoms with Crippen molar-refractivity contribution >= 4 is 23.6 Å². The van der Waals surface area contributed by atoms with E-state index in [1.165, 1.54) is 4.90 Å². The molecule has 3 unspecified atom stereocenters. The van der Waals surface area contributed by atoms with Crippen molar-refractivity contribution in [2.75, 3.05) is 12.0 Å². The van der Waals surface area contributed by atoms with Crippen LogP contribution in [0, 0.1) is 5.41 Å². The van der Waals surface area contributed by atoms with Gasteiger partial charge in [0.05, 0.1) is 6.10 Å². The number of thioether (sulfide) groups is 1. The Balaban J connectivity index is 2.58. The Morgan fingerprint density at radius 3 is 2.44 bits per heavy atom. The van der Waals surface area contributed by atoms with Gasteiger partial charge in [0, 0.05) is 11.0 Å². The predicted octanol–water partition coefficient (Wildman–Crippen LogP) is 2.93. The molecular formula is C19H27NO4S. The molecule has 138 valence electrons. The van der Waals surface area contributed by atoms with Crippen LogP contribution in [0.25, 0.3) is 0 Å². The number of hydrogen-bond acceptors (Lipinski definition) is 5. The Bertz CT molecular complexity index is 626. The van der Waals surface area contributed by atoms with Crippen LogP contribution in [0.4, 0.5) is 0 Å². The van der Waals surface area contributed by atoms with Crippen LogP contribution in [0.3, 0.4) is 0 Å². The van der Waals surface area contributed by atoms with Crippen molar-refractivity contribution in [2.45, 2.75) is 52.0 Å². The number of esters is 1. The quantitative estimate of drug-likeness (QED) is 0.813. The van der Waals surface area contributed by atoms with Gasteiger partial charge in [-0.15, -0.1) is 0 Å². The summed E-state index contributed by atoms with van der Waals surface area (Å²) in [5.74, 6) is -0.191. The van der Waals surface area contributed by atoms with Crippen LogP contribution >= 0.6 is 11.8 Å². The molecule has 1 N–H and O–H groups in total. The maximum atomic E-state index is 13.3. The minimum absolute atomic E-state index is 0.298. The van der Waals surface area contributed by atoms with Gasteiger partial charge in [-0.2, -0.15) is 11.8 Å².